The predicted octanol–water partition coefficient (Wildman–Crippen LogP) is 1.95. The normalized spacial score (nSPS) is 17.2. The number of carbonyl (C=O) groups excluding carboxylic acids is 2. The first-order chi connectivity index (χ1) is 5.66. The molecule has 0 amide bonds. The number of esters is 2. The van der Waals surface area contributed by atoms with Crippen LogP contribution in [-0.4, -0.2) is 11.9 Å². The van der Waals surface area contributed by atoms with Gasteiger partial charge in [-0.15, -0.1) is 0 Å². The Morgan fingerprint density at radius 3 is 2.42 bits per heavy atom. The van der Waals surface area contributed by atoms with Gasteiger partial charge in [-0.2, -0.15) is 0 Å². The SMILES string of the molecule is CCCCC1=C(I)C(=O)OC1=O. The van der Waals surface area contributed by atoms with E-state index in [1.807, 2.05) is 29.5 Å². The van der Waals surface area contributed by atoms with Crippen molar-refractivity contribution >= 4 is 34.5 Å². The van der Waals surface area contributed by atoms with Crippen LogP contribution < -0.4 is 0 Å². The lowest BCUT2D eigenvalue weighted by atomic mass is 10.1. The molecule has 0 unspecified atom stereocenters. The molecule has 0 N–H and O–H groups in total. The van der Waals surface area contributed by atoms with Gasteiger partial charge >= 0.3 is 11.9 Å². The van der Waals surface area contributed by atoms with Gasteiger partial charge in [-0.1, -0.05) is 13.3 Å². The van der Waals surface area contributed by atoms with Gasteiger partial charge in [0, 0.05) is 0 Å². The van der Waals surface area contributed by atoms with Crippen LogP contribution in [-0.2, 0) is 14.3 Å². The van der Waals surface area contributed by atoms with Crippen molar-refractivity contribution in [1.29, 1.82) is 0 Å². The van der Waals surface area contributed by atoms with Crippen LogP contribution in [0.15, 0.2) is 9.15 Å². The third-order valence-electron chi connectivity index (χ3n) is 1.66. The highest BCUT2D eigenvalue weighted by Crippen LogP contribution is 2.26. The molecule has 1 rings (SSSR count). The number of ether oxygens (including phenoxy) is 1. The minimum atomic E-state index is -0.494. The Morgan fingerprint density at radius 1 is 1.33 bits per heavy atom. The average molecular weight is 280 g/mol. The maximum Gasteiger partial charge on any atom is 0.352 e. The summed E-state index contributed by atoms with van der Waals surface area (Å²) in [4.78, 5) is 21.8. The van der Waals surface area contributed by atoms with E-state index < -0.39 is 11.9 Å². The van der Waals surface area contributed by atoms with Crippen molar-refractivity contribution in [2.45, 2.75) is 26.2 Å². The highest BCUT2D eigenvalue weighted by Gasteiger charge is 2.30. The van der Waals surface area contributed by atoms with E-state index in [0.717, 1.165) is 12.8 Å². The van der Waals surface area contributed by atoms with Gasteiger partial charge < -0.3 is 4.74 Å². The number of hydrogen-bond donors (Lipinski definition) is 0. The van der Waals surface area contributed by atoms with E-state index in [0.29, 0.717) is 15.6 Å². The van der Waals surface area contributed by atoms with Crippen LogP contribution >= 0.6 is 22.6 Å². The molecule has 0 atom stereocenters. The summed E-state index contributed by atoms with van der Waals surface area (Å²) in [6, 6.07) is 0. The van der Waals surface area contributed by atoms with Crippen LogP contribution in [0.3, 0.4) is 0 Å². The van der Waals surface area contributed by atoms with Crippen molar-refractivity contribution in [3.8, 4) is 0 Å². The fraction of sp³-hybridized carbons (Fsp3) is 0.500. The predicted molar refractivity (Wildman–Crippen MR) is 51.7 cm³/mol. The number of hydrogen-bond acceptors (Lipinski definition) is 3. The largest absolute Gasteiger partial charge is 0.386 e. The second-order valence-corrected chi connectivity index (χ2v) is 3.65. The maximum absolute atomic E-state index is 11.0. The summed E-state index contributed by atoms with van der Waals surface area (Å²) in [7, 11) is 0. The van der Waals surface area contributed by atoms with Crippen LogP contribution in [0.2, 0.25) is 0 Å². The lowest BCUT2D eigenvalue weighted by molar-refractivity contribution is -0.150. The molecule has 12 heavy (non-hydrogen) atoms. The Balaban J connectivity index is 2.71. The lowest BCUT2D eigenvalue weighted by Crippen LogP contribution is -2.01. The molecule has 66 valence electrons. The molecule has 1 aliphatic heterocycles. The number of halogens is 1. The van der Waals surface area contributed by atoms with Gasteiger partial charge in [0.1, 0.15) is 3.58 Å². The fourth-order valence-corrected chi connectivity index (χ4v) is 1.57. The molecule has 4 heteroatoms. The topological polar surface area (TPSA) is 43.4 Å². The zero-order chi connectivity index (χ0) is 9.14. The molecule has 0 aromatic rings. The third kappa shape index (κ3) is 1.85. The van der Waals surface area contributed by atoms with Crippen molar-refractivity contribution in [2.75, 3.05) is 0 Å². The second kappa shape index (κ2) is 4.02. The van der Waals surface area contributed by atoms with Crippen molar-refractivity contribution in [2.24, 2.45) is 0 Å². The second-order valence-electron chi connectivity index (χ2n) is 2.57. The van der Waals surface area contributed by atoms with E-state index in [-0.39, 0.29) is 0 Å². The first kappa shape index (κ1) is 9.70. The van der Waals surface area contributed by atoms with Crippen LogP contribution in [0.5, 0.6) is 0 Å². The zero-order valence-corrected chi connectivity index (χ0v) is 8.88. The Hall–Kier alpha value is -0.390. The molecule has 3 nitrogen and oxygen atoms in total. The quantitative estimate of drug-likeness (QED) is 0.451. The minimum absolute atomic E-state index is 0.450. The van der Waals surface area contributed by atoms with Crippen LogP contribution in [0.4, 0.5) is 0 Å². The molecule has 1 aliphatic rings. The molecule has 0 aliphatic carbocycles. The molecule has 0 saturated carbocycles. The average Bonchev–Trinajstić information content (AvgIpc) is 2.25. The minimum Gasteiger partial charge on any atom is -0.386 e. The zero-order valence-electron chi connectivity index (χ0n) is 6.72. The molecule has 0 saturated heterocycles. The molecule has 1 heterocycles. The van der Waals surface area contributed by atoms with Crippen molar-refractivity contribution < 1.29 is 14.3 Å². The molecule has 0 radical (unpaired) electrons. The van der Waals surface area contributed by atoms with Crippen molar-refractivity contribution in [3.05, 3.63) is 9.15 Å². The number of carbonyl (C=O) groups is 2. The maximum atomic E-state index is 11.0. The first-order valence-corrected chi connectivity index (χ1v) is 4.89. The molecule has 0 fully saturated rings. The first-order valence-electron chi connectivity index (χ1n) is 3.82. The number of unbranched alkanes of at least 4 members (excludes halogenated alkanes) is 1. The molecule has 0 bridgehead atoms. The van der Waals surface area contributed by atoms with E-state index in [1.165, 1.54) is 0 Å². The number of cyclic esters (lactones) is 2. The smallest absolute Gasteiger partial charge is 0.352 e. The van der Waals surface area contributed by atoms with Gasteiger partial charge in [0.05, 0.1) is 5.57 Å². The Bertz CT molecular complexity index is 255. The fourth-order valence-electron chi connectivity index (χ4n) is 0.969. The molecular weight excluding hydrogens is 271 g/mol. The van der Waals surface area contributed by atoms with Crippen molar-refractivity contribution in [3.63, 3.8) is 0 Å². The number of rotatable bonds is 3. The third-order valence-corrected chi connectivity index (χ3v) is 2.75. The van der Waals surface area contributed by atoms with Gasteiger partial charge in [0.25, 0.3) is 0 Å². The summed E-state index contributed by atoms with van der Waals surface area (Å²) in [6.45, 7) is 2.04. The van der Waals surface area contributed by atoms with Gasteiger partial charge in [0.15, 0.2) is 0 Å². The standard InChI is InChI=1S/C8H9IO3/c1-2-3-4-5-6(9)8(11)12-7(5)10/h2-4H2,1H3. The monoisotopic (exact) mass is 280 g/mol. The van der Waals surface area contributed by atoms with E-state index >= 15 is 0 Å². The highest BCUT2D eigenvalue weighted by atomic mass is 127. The summed E-state index contributed by atoms with van der Waals surface area (Å²) < 4.78 is 4.87. The van der Waals surface area contributed by atoms with E-state index in [4.69, 9.17) is 0 Å². The van der Waals surface area contributed by atoms with Gasteiger partial charge in [-0.3, -0.25) is 0 Å². The molecule has 0 spiro atoms. The van der Waals surface area contributed by atoms with E-state index in [2.05, 4.69) is 4.74 Å². The molecule has 0 aromatic carbocycles. The Kier molecular flexibility index (Phi) is 3.25. The van der Waals surface area contributed by atoms with Crippen LogP contribution in [0.25, 0.3) is 0 Å². The Labute approximate surface area is 84.3 Å². The van der Waals surface area contributed by atoms with E-state index in [1.54, 1.807) is 0 Å². The summed E-state index contributed by atoms with van der Waals surface area (Å²) >= 11 is 1.86. The van der Waals surface area contributed by atoms with Crippen LogP contribution in [0.1, 0.15) is 26.2 Å². The highest BCUT2D eigenvalue weighted by molar-refractivity contribution is 14.1. The van der Waals surface area contributed by atoms with Gasteiger partial charge in [0.2, 0.25) is 0 Å². The van der Waals surface area contributed by atoms with Gasteiger partial charge in [-0.05, 0) is 35.4 Å². The van der Waals surface area contributed by atoms with E-state index in [9.17, 15) is 9.59 Å². The Morgan fingerprint density at radius 2 is 2.00 bits per heavy atom. The summed E-state index contributed by atoms with van der Waals surface area (Å²) in [6.07, 6.45) is 2.58. The summed E-state index contributed by atoms with van der Waals surface area (Å²) in [5.74, 6) is -0.954. The summed E-state index contributed by atoms with van der Waals surface area (Å²) in [5, 5.41) is 0. The lowest BCUT2D eigenvalue weighted by Gasteiger charge is -1.94. The molecule has 0 aromatic heterocycles. The summed E-state index contributed by atoms with van der Waals surface area (Å²) in [5.41, 5.74) is 0.544. The van der Waals surface area contributed by atoms with Gasteiger partial charge in [-0.25, -0.2) is 9.59 Å². The van der Waals surface area contributed by atoms with Crippen LogP contribution in [0, 0.1) is 0 Å². The van der Waals surface area contributed by atoms with Crippen molar-refractivity contribution in [1.82, 2.24) is 0 Å². The molecular formula is C8H9IO3.